The molecule has 0 radical (unpaired) electrons. The molecule has 4 nitrogen and oxygen atoms in total. The molecule has 94 valence electrons. The van der Waals surface area contributed by atoms with Gasteiger partial charge in [-0.3, -0.25) is 0 Å². The minimum Gasteiger partial charge on any atom is -0.309 e. The average Bonchev–Trinajstić information content (AvgIpc) is 3.10. The highest BCUT2D eigenvalue weighted by Crippen LogP contribution is 2.27. The first-order valence-corrected chi connectivity index (χ1v) is 7.04. The number of hydrogen-bond acceptors (Lipinski definition) is 5. The molecule has 2 aromatic rings. The molecule has 0 amide bonds. The van der Waals surface area contributed by atoms with Crippen LogP contribution in [-0.2, 0) is 6.54 Å². The fourth-order valence-corrected chi connectivity index (χ4v) is 2.78. The van der Waals surface area contributed by atoms with Crippen LogP contribution >= 0.6 is 11.3 Å². The van der Waals surface area contributed by atoms with Gasteiger partial charge in [0.2, 0.25) is 0 Å². The van der Waals surface area contributed by atoms with Crippen LogP contribution in [0.4, 0.5) is 0 Å². The third-order valence-corrected chi connectivity index (χ3v) is 4.20. The van der Waals surface area contributed by atoms with Crippen molar-refractivity contribution in [3.8, 4) is 10.7 Å². The normalized spacial score (nSPS) is 15.0. The van der Waals surface area contributed by atoms with E-state index in [2.05, 4.69) is 27.2 Å². The maximum absolute atomic E-state index is 4.61. The highest BCUT2D eigenvalue weighted by atomic mass is 32.1. The molecule has 1 saturated carbocycles. The molecule has 0 bridgehead atoms. The molecule has 0 saturated heterocycles. The average molecular weight is 260 g/mol. The summed E-state index contributed by atoms with van der Waals surface area (Å²) in [7, 11) is 0. The molecule has 0 spiro atoms. The molecule has 0 aliphatic heterocycles. The van der Waals surface area contributed by atoms with Gasteiger partial charge in [0, 0.05) is 23.7 Å². The Bertz CT molecular complexity index is 560. The van der Waals surface area contributed by atoms with Crippen LogP contribution in [0.3, 0.4) is 0 Å². The first-order valence-electron chi connectivity index (χ1n) is 6.22. The van der Waals surface area contributed by atoms with Crippen LogP contribution in [0.5, 0.6) is 0 Å². The molecule has 0 atom stereocenters. The van der Waals surface area contributed by atoms with Gasteiger partial charge in [-0.15, -0.1) is 11.3 Å². The number of aromatic nitrogens is 3. The summed E-state index contributed by atoms with van der Waals surface area (Å²) < 4.78 is 0. The Kier molecular flexibility index (Phi) is 3.09. The smallest absolute Gasteiger partial charge is 0.142 e. The molecule has 1 N–H and O–H groups in total. The van der Waals surface area contributed by atoms with Gasteiger partial charge in [-0.1, -0.05) is 0 Å². The van der Waals surface area contributed by atoms with E-state index in [4.69, 9.17) is 0 Å². The molecular weight excluding hydrogens is 244 g/mol. The van der Waals surface area contributed by atoms with Gasteiger partial charge in [-0.05, 0) is 32.8 Å². The molecule has 3 rings (SSSR count). The highest BCUT2D eigenvalue weighted by molar-refractivity contribution is 7.15. The Morgan fingerprint density at radius 1 is 1.33 bits per heavy atom. The summed E-state index contributed by atoms with van der Waals surface area (Å²) in [5.74, 6) is 0.790. The van der Waals surface area contributed by atoms with Gasteiger partial charge in [0.25, 0.3) is 0 Å². The monoisotopic (exact) mass is 260 g/mol. The molecular formula is C13H16N4S. The fraction of sp³-hybridized carbons (Fsp3) is 0.462. The lowest BCUT2D eigenvalue weighted by atomic mass is 10.3. The van der Waals surface area contributed by atoms with Gasteiger partial charge in [-0.25, -0.2) is 15.0 Å². The molecule has 18 heavy (non-hydrogen) atoms. The molecule has 0 unspecified atom stereocenters. The first-order chi connectivity index (χ1) is 8.72. The first kappa shape index (κ1) is 11.7. The maximum atomic E-state index is 4.61. The van der Waals surface area contributed by atoms with E-state index in [-0.39, 0.29) is 0 Å². The predicted molar refractivity (Wildman–Crippen MR) is 72.5 cm³/mol. The van der Waals surface area contributed by atoms with E-state index in [0.29, 0.717) is 0 Å². The Morgan fingerprint density at radius 2 is 2.17 bits per heavy atom. The van der Waals surface area contributed by atoms with Crippen molar-refractivity contribution >= 4 is 11.3 Å². The second kappa shape index (κ2) is 4.74. The molecule has 1 aliphatic rings. The van der Waals surface area contributed by atoms with E-state index in [9.17, 15) is 0 Å². The van der Waals surface area contributed by atoms with Crippen molar-refractivity contribution in [2.24, 2.45) is 0 Å². The van der Waals surface area contributed by atoms with Crippen LogP contribution in [0.2, 0.25) is 0 Å². The van der Waals surface area contributed by atoms with Crippen LogP contribution in [-0.4, -0.2) is 21.0 Å². The van der Waals surface area contributed by atoms with Gasteiger partial charge in [0.15, 0.2) is 0 Å². The number of nitrogens with one attached hydrogen (secondary N) is 1. The van der Waals surface area contributed by atoms with Gasteiger partial charge < -0.3 is 5.32 Å². The quantitative estimate of drug-likeness (QED) is 0.917. The van der Waals surface area contributed by atoms with E-state index in [1.54, 1.807) is 17.5 Å². The van der Waals surface area contributed by atoms with Crippen LogP contribution in [0.15, 0.2) is 12.3 Å². The number of nitrogens with zero attached hydrogens (tertiary/aromatic N) is 3. The summed E-state index contributed by atoms with van der Waals surface area (Å²) in [4.78, 5) is 14.5. The van der Waals surface area contributed by atoms with E-state index in [1.807, 2.05) is 13.0 Å². The summed E-state index contributed by atoms with van der Waals surface area (Å²) >= 11 is 1.73. The summed E-state index contributed by atoms with van der Waals surface area (Å²) in [6, 6.07) is 2.65. The van der Waals surface area contributed by atoms with E-state index in [1.165, 1.54) is 17.7 Å². The summed E-state index contributed by atoms with van der Waals surface area (Å²) in [5, 5.41) is 4.52. The minimum absolute atomic E-state index is 0.733. The number of thiazole rings is 1. The topological polar surface area (TPSA) is 50.7 Å². The standard InChI is InChI=1S/C13H16N4S/c1-8-12(7-15-10-3-4-10)18-13(16-8)11-5-6-14-9(2)17-11/h5-6,10,15H,3-4,7H2,1-2H3. The van der Waals surface area contributed by atoms with Crippen molar-refractivity contribution in [3.63, 3.8) is 0 Å². The van der Waals surface area contributed by atoms with Gasteiger partial charge in [0.05, 0.1) is 5.69 Å². The summed E-state index contributed by atoms with van der Waals surface area (Å²) in [6.45, 7) is 4.90. The lowest BCUT2D eigenvalue weighted by molar-refractivity contribution is 0.691. The van der Waals surface area contributed by atoms with Crippen molar-refractivity contribution in [2.45, 2.75) is 39.3 Å². The zero-order chi connectivity index (χ0) is 12.5. The van der Waals surface area contributed by atoms with E-state index >= 15 is 0 Å². The van der Waals surface area contributed by atoms with E-state index < -0.39 is 0 Å². The lowest BCUT2D eigenvalue weighted by Gasteiger charge is -1.99. The molecule has 1 fully saturated rings. The zero-order valence-corrected chi connectivity index (χ0v) is 11.4. The van der Waals surface area contributed by atoms with Crippen LogP contribution in [0, 0.1) is 13.8 Å². The van der Waals surface area contributed by atoms with Gasteiger partial charge in [0.1, 0.15) is 16.5 Å². The summed E-state index contributed by atoms with van der Waals surface area (Å²) in [6.07, 6.45) is 4.42. The lowest BCUT2D eigenvalue weighted by Crippen LogP contribution is -2.14. The van der Waals surface area contributed by atoms with Crippen LogP contribution < -0.4 is 5.32 Å². The molecule has 2 aromatic heterocycles. The van der Waals surface area contributed by atoms with Gasteiger partial charge in [-0.2, -0.15) is 0 Å². The second-order valence-corrected chi connectivity index (χ2v) is 5.76. The Balaban J connectivity index is 1.82. The highest BCUT2D eigenvalue weighted by Gasteiger charge is 2.21. The minimum atomic E-state index is 0.733. The fourth-order valence-electron chi connectivity index (χ4n) is 1.80. The number of hydrogen-bond donors (Lipinski definition) is 1. The maximum Gasteiger partial charge on any atom is 0.142 e. The summed E-state index contributed by atoms with van der Waals surface area (Å²) in [5.41, 5.74) is 2.03. The Morgan fingerprint density at radius 3 is 2.89 bits per heavy atom. The largest absolute Gasteiger partial charge is 0.309 e. The van der Waals surface area contributed by atoms with Crippen molar-refractivity contribution in [1.82, 2.24) is 20.3 Å². The van der Waals surface area contributed by atoms with E-state index in [0.717, 1.165) is 34.8 Å². The Hall–Kier alpha value is -1.33. The van der Waals surface area contributed by atoms with Crippen LogP contribution in [0.25, 0.3) is 10.7 Å². The number of aryl methyl sites for hydroxylation is 2. The predicted octanol–water partition coefficient (Wildman–Crippen LogP) is 2.47. The molecule has 5 heteroatoms. The number of rotatable bonds is 4. The van der Waals surface area contributed by atoms with Crippen LogP contribution in [0.1, 0.15) is 29.2 Å². The Labute approximate surface area is 111 Å². The van der Waals surface area contributed by atoms with Gasteiger partial charge >= 0.3 is 0 Å². The van der Waals surface area contributed by atoms with Crippen molar-refractivity contribution in [2.75, 3.05) is 0 Å². The second-order valence-electron chi connectivity index (χ2n) is 4.67. The van der Waals surface area contributed by atoms with Crippen molar-refractivity contribution < 1.29 is 0 Å². The molecule has 0 aromatic carbocycles. The third kappa shape index (κ3) is 2.57. The van der Waals surface area contributed by atoms with Crippen molar-refractivity contribution in [1.29, 1.82) is 0 Å². The zero-order valence-electron chi connectivity index (χ0n) is 10.6. The SMILES string of the molecule is Cc1nccc(-c2nc(C)c(CNC3CC3)s2)n1. The third-order valence-electron chi connectivity index (χ3n) is 3.02. The molecule has 2 heterocycles. The molecule has 1 aliphatic carbocycles. The van der Waals surface area contributed by atoms with Crippen molar-refractivity contribution in [3.05, 3.63) is 28.7 Å².